The van der Waals surface area contributed by atoms with Crippen LogP contribution in [-0.4, -0.2) is 21.2 Å². The molecule has 1 spiro atoms. The summed E-state index contributed by atoms with van der Waals surface area (Å²) in [6.45, 7) is 0. The lowest BCUT2D eigenvalue weighted by Gasteiger charge is -2.40. The van der Waals surface area contributed by atoms with E-state index in [-0.39, 0.29) is 11.4 Å². The lowest BCUT2D eigenvalue weighted by molar-refractivity contribution is 0.0136. The highest BCUT2D eigenvalue weighted by molar-refractivity contribution is 6.01. The summed E-state index contributed by atoms with van der Waals surface area (Å²) in [6, 6.07) is 5.92. The van der Waals surface area contributed by atoms with Crippen LogP contribution in [0, 0.1) is 0 Å². The van der Waals surface area contributed by atoms with E-state index in [0.29, 0.717) is 6.42 Å². The van der Waals surface area contributed by atoms with Gasteiger partial charge in [0.15, 0.2) is 5.78 Å². The van der Waals surface area contributed by atoms with Crippen LogP contribution in [0.1, 0.15) is 48.9 Å². The predicted octanol–water partition coefficient (Wildman–Crippen LogP) is 3.76. The van der Waals surface area contributed by atoms with E-state index in [1.54, 1.807) is 4.68 Å². The standard InChI is InChI=1S/C18H20N2O2/c1-20-12-14(11-19-20)13-5-6-17-15(9-13)16(21)10-18(22-17)7-3-2-4-8-18/h5-6,9,11-12H,2-4,7-8,10H2,1H3. The quantitative estimate of drug-likeness (QED) is 0.805. The van der Waals surface area contributed by atoms with Crippen molar-refractivity contribution in [3.05, 3.63) is 36.2 Å². The van der Waals surface area contributed by atoms with Gasteiger partial charge >= 0.3 is 0 Å². The summed E-state index contributed by atoms with van der Waals surface area (Å²) in [5, 5.41) is 4.19. The van der Waals surface area contributed by atoms with Crippen molar-refractivity contribution >= 4 is 5.78 Å². The molecule has 0 amide bonds. The highest BCUT2D eigenvalue weighted by Crippen LogP contribution is 2.42. The number of rotatable bonds is 1. The van der Waals surface area contributed by atoms with Crippen LogP contribution in [0.25, 0.3) is 11.1 Å². The first-order chi connectivity index (χ1) is 10.7. The van der Waals surface area contributed by atoms with Gasteiger partial charge in [-0.2, -0.15) is 5.10 Å². The maximum absolute atomic E-state index is 12.6. The molecule has 1 aromatic carbocycles. The number of carbonyl (C=O) groups excluding carboxylic acids is 1. The van der Waals surface area contributed by atoms with E-state index in [1.807, 2.05) is 37.6 Å². The fourth-order valence-electron chi connectivity index (χ4n) is 3.72. The first kappa shape index (κ1) is 13.6. The topological polar surface area (TPSA) is 44.1 Å². The van der Waals surface area contributed by atoms with E-state index in [9.17, 15) is 4.79 Å². The van der Waals surface area contributed by atoms with Crippen LogP contribution in [0.15, 0.2) is 30.6 Å². The smallest absolute Gasteiger partial charge is 0.170 e. The molecule has 2 aromatic rings. The summed E-state index contributed by atoms with van der Waals surface area (Å²) in [6.07, 6.45) is 9.89. The van der Waals surface area contributed by atoms with Gasteiger partial charge in [0.25, 0.3) is 0 Å². The number of fused-ring (bicyclic) bond motifs is 1. The van der Waals surface area contributed by atoms with Crippen molar-refractivity contribution < 1.29 is 9.53 Å². The Morgan fingerprint density at radius 2 is 2.00 bits per heavy atom. The Balaban J connectivity index is 1.70. The molecule has 0 radical (unpaired) electrons. The second-order valence-corrected chi connectivity index (χ2v) is 6.56. The van der Waals surface area contributed by atoms with E-state index in [1.165, 1.54) is 6.42 Å². The van der Waals surface area contributed by atoms with Gasteiger partial charge in [-0.1, -0.05) is 12.5 Å². The van der Waals surface area contributed by atoms with Gasteiger partial charge in [-0.15, -0.1) is 0 Å². The van der Waals surface area contributed by atoms with E-state index in [2.05, 4.69) is 5.10 Å². The third-order valence-corrected chi connectivity index (χ3v) is 4.89. The number of nitrogens with zero attached hydrogens (tertiary/aromatic N) is 2. The molecule has 0 atom stereocenters. The Bertz CT molecular complexity index is 726. The number of benzene rings is 1. The van der Waals surface area contributed by atoms with Gasteiger partial charge in [0, 0.05) is 18.8 Å². The highest BCUT2D eigenvalue weighted by atomic mass is 16.5. The van der Waals surface area contributed by atoms with Gasteiger partial charge in [-0.25, -0.2) is 0 Å². The van der Waals surface area contributed by atoms with E-state index < -0.39 is 0 Å². The van der Waals surface area contributed by atoms with Crippen molar-refractivity contribution in [2.45, 2.75) is 44.1 Å². The van der Waals surface area contributed by atoms with Crippen molar-refractivity contribution in [2.75, 3.05) is 0 Å². The van der Waals surface area contributed by atoms with Crippen molar-refractivity contribution in [1.82, 2.24) is 9.78 Å². The number of carbonyl (C=O) groups is 1. The highest BCUT2D eigenvalue weighted by Gasteiger charge is 2.41. The molecular formula is C18H20N2O2. The lowest BCUT2D eigenvalue weighted by atomic mass is 9.78. The van der Waals surface area contributed by atoms with Crippen molar-refractivity contribution in [1.29, 1.82) is 0 Å². The van der Waals surface area contributed by atoms with Gasteiger partial charge in [-0.3, -0.25) is 9.48 Å². The summed E-state index contributed by atoms with van der Waals surface area (Å²) in [7, 11) is 1.89. The molecule has 2 heterocycles. The van der Waals surface area contributed by atoms with E-state index in [4.69, 9.17) is 4.74 Å². The molecule has 22 heavy (non-hydrogen) atoms. The van der Waals surface area contributed by atoms with Gasteiger partial charge in [0.1, 0.15) is 11.4 Å². The number of hydrogen-bond acceptors (Lipinski definition) is 3. The summed E-state index contributed by atoms with van der Waals surface area (Å²) in [4.78, 5) is 12.6. The third kappa shape index (κ3) is 2.23. The van der Waals surface area contributed by atoms with Crippen LogP contribution in [0.5, 0.6) is 5.75 Å². The molecule has 1 aliphatic heterocycles. The molecule has 2 aliphatic rings. The fourth-order valence-corrected chi connectivity index (χ4v) is 3.72. The molecule has 0 unspecified atom stereocenters. The molecule has 0 saturated heterocycles. The van der Waals surface area contributed by atoms with Crippen LogP contribution < -0.4 is 4.74 Å². The molecule has 1 aromatic heterocycles. The SMILES string of the molecule is Cn1cc(-c2ccc3c(c2)C(=O)CC2(CCCCC2)O3)cn1. The second kappa shape index (κ2) is 4.97. The van der Waals surface area contributed by atoms with Crippen molar-refractivity contribution in [2.24, 2.45) is 7.05 Å². The Labute approximate surface area is 130 Å². The molecule has 4 rings (SSSR count). The number of Topliss-reactive ketones (excluding diaryl/α,β-unsaturated/α-hetero) is 1. The molecular weight excluding hydrogens is 276 g/mol. The largest absolute Gasteiger partial charge is 0.486 e. The van der Waals surface area contributed by atoms with Crippen LogP contribution >= 0.6 is 0 Å². The molecule has 4 nitrogen and oxygen atoms in total. The minimum atomic E-state index is -0.238. The molecule has 0 bridgehead atoms. The Hall–Kier alpha value is -2.10. The first-order valence-corrected chi connectivity index (χ1v) is 8.01. The second-order valence-electron chi connectivity index (χ2n) is 6.56. The molecule has 114 valence electrons. The number of hydrogen-bond donors (Lipinski definition) is 0. The van der Waals surface area contributed by atoms with E-state index >= 15 is 0 Å². The maximum Gasteiger partial charge on any atom is 0.170 e. The van der Waals surface area contributed by atoms with Crippen LogP contribution in [0.4, 0.5) is 0 Å². The van der Waals surface area contributed by atoms with Crippen LogP contribution in [0.3, 0.4) is 0 Å². The zero-order chi connectivity index (χ0) is 15.2. The normalized spacial score (nSPS) is 19.8. The maximum atomic E-state index is 12.6. The minimum absolute atomic E-state index is 0.217. The average Bonchev–Trinajstić information content (AvgIpc) is 2.94. The third-order valence-electron chi connectivity index (χ3n) is 4.89. The van der Waals surface area contributed by atoms with Gasteiger partial charge in [0.05, 0.1) is 18.2 Å². The van der Waals surface area contributed by atoms with Gasteiger partial charge < -0.3 is 4.74 Å². The Morgan fingerprint density at radius 1 is 1.18 bits per heavy atom. The van der Waals surface area contributed by atoms with E-state index in [0.717, 1.165) is 48.1 Å². The minimum Gasteiger partial charge on any atom is -0.486 e. The number of ether oxygens (including phenoxy) is 1. The predicted molar refractivity (Wildman–Crippen MR) is 84.0 cm³/mol. The zero-order valence-electron chi connectivity index (χ0n) is 12.8. The van der Waals surface area contributed by atoms with Gasteiger partial charge in [0.2, 0.25) is 0 Å². The Morgan fingerprint density at radius 3 is 2.73 bits per heavy atom. The summed E-state index contributed by atoms with van der Waals surface area (Å²) in [5.74, 6) is 0.972. The molecule has 1 aliphatic carbocycles. The number of aromatic nitrogens is 2. The fraction of sp³-hybridized carbons (Fsp3) is 0.444. The average molecular weight is 296 g/mol. The molecule has 1 saturated carbocycles. The van der Waals surface area contributed by atoms with Crippen LogP contribution in [-0.2, 0) is 7.05 Å². The summed E-state index contributed by atoms with van der Waals surface area (Å²) >= 11 is 0. The lowest BCUT2D eigenvalue weighted by Crippen LogP contribution is -2.43. The van der Waals surface area contributed by atoms with Crippen LogP contribution in [0.2, 0.25) is 0 Å². The Kier molecular flexibility index (Phi) is 3.06. The van der Waals surface area contributed by atoms with Crippen molar-refractivity contribution in [3.8, 4) is 16.9 Å². The zero-order valence-corrected chi connectivity index (χ0v) is 12.8. The summed E-state index contributed by atoms with van der Waals surface area (Å²) in [5.41, 5.74) is 2.52. The summed E-state index contributed by atoms with van der Waals surface area (Å²) < 4.78 is 8.05. The molecule has 0 N–H and O–H groups in total. The van der Waals surface area contributed by atoms with Crippen molar-refractivity contribution in [3.63, 3.8) is 0 Å². The number of ketones is 1. The van der Waals surface area contributed by atoms with Gasteiger partial charge in [-0.05, 0) is 43.4 Å². The molecule has 4 heteroatoms. The number of aryl methyl sites for hydroxylation is 1. The monoisotopic (exact) mass is 296 g/mol. The molecule has 1 fully saturated rings. The first-order valence-electron chi connectivity index (χ1n) is 8.01.